The lowest BCUT2D eigenvalue weighted by atomic mass is 10.2. The van der Waals surface area contributed by atoms with Gasteiger partial charge in [-0.3, -0.25) is 9.78 Å². The summed E-state index contributed by atoms with van der Waals surface area (Å²) < 4.78 is 4.98. The van der Waals surface area contributed by atoms with Gasteiger partial charge in [0.25, 0.3) is 0 Å². The molecule has 1 atom stereocenters. The third-order valence-corrected chi connectivity index (χ3v) is 2.25. The predicted octanol–water partition coefficient (Wildman–Crippen LogP) is 0.230. The molecule has 0 aromatic carbocycles. The van der Waals surface area contributed by atoms with E-state index in [-0.39, 0.29) is 18.9 Å². The maximum absolute atomic E-state index is 11.5. The van der Waals surface area contributed by atoms with E-state index in [2.05, 4.69) is 10.3 Å². The highest BCUT2D eigenvalue weighted by atomic mass is 16.5. The fourth-order valence-corrected chi connectivity index (χ4v) is 1.25. The first-order valence-electron chi connectivity index (χ1n) is 5.59. The second-order valence-corrected chi connectivity index (χ2v) is 3.73. The molecule has 2 N–H and O–H groups in total. The first-order chi connectivity index (χ1) is 8.59. The number of carbonyl (C=O) groups is 2. The molecule has 1 aromatic heterocycles. The summed E-state index contributed by atoms with van der Waals surface area (Å²) in [6.45, 7) is 1.91. The number of rotatable bonds is 7. The molecule has 1 rings (SSSR count). The quantitative estimate of drug-likeness (QED) is 0.678. The molecule has 1 amide bonds. The van der Waals surface area contributed by atoms with Crippen LogP contribution in [0, 0.1) is 0 Å². The maximum atomic E-state index is 11.5. The third kappa shape index (κ3) is 5.40. The van der Waals surface area contributed by atoms with Gasteiger partial charge in [-0.25, -0.2) is 4.79 Å². The van der Waals surface area contributed by atoms with E-state index >= 15 is 0 Å². The molecule has 1 unspecified atom stereocenters. The Hall–Kier alpha value is -1.95. The molecule has 0 radical (unpaired) electrons. The predicted molar refractivity (Wildman–Crippen MR) is 64.0 cm³/mol. The van der Waals surface area contributed by atoms with Gasteiger partial charge in [0.2, 0.25) is 5.91 Å². The summed E-state index contributed by atoms with van der Waals surface area (Å²) >= 11 is 0. The van der Waals surface area contributed by atoms with Gasteiger partial charge in [-0.2, -0.15) is 0 Å². The Balaban J connectivity index is 2.16. The van der Waals surface area contributed by atoms with Gasteiger partial charge < -0.3 is 15.2 Å². The first kappa shape index (κ1) is 14.1. The number of nitrogens with zero attached hydrogens (tertiary/aromatic N) is 1. The van der Waals surface area contributed by atoms with Crippen molar-refractivity contribution >= 4 is 11.9 Å². The molecule has 1 aromatic rings. The van der Waals surface area contributed by atoms with Crippen LogP contribution in [0.2, 0.25) is 0 Å². The van der Waals surface area contributed by atoms with E-state index in [0.717, 1.165) is 5.56 Å². The van der Waals surface area contributed by atoms with Crippen LogP contribution >= 0.6 is 0 Å². The van der Waals surface area contributed by atoms with Crippen LogP contribution in [0.5, 0.6) is 0 Å². The van der Waals surface area contributed by atoms with Crippen molar-refractivity contribution < 1.29 is 19.4 Å². The first-order valence-corrected chi connectivity index (χ1v) is 5.59. The van der Waals surface area contributed by atoms with E-state index in [9.17, 15) is 9.59 Å². The minimum absolute atomic E-state index is 0.132. The number of ether oxygens (including phenoxy) is 1. The van der Waals surface area contributed by atoms with Crippen LogP contribution in [-0.2, 0) is 20.7 Å². The molecule has 0 saturated carbocycles. The van der Waals surface area contributed by atoms with E-state index in [1.165, 1.54) is 6.92 Å². The highest BCUT2D eigenvalue weighted by Crippen LogP contribution is 1.97. The van der Waals surface area contributed by atoms with Crippen LogP contribution in [0.25, 0.3) is 0 Å². The summed E-state index contributed by atoms with van der Waals surface area (Å²) in [6, 6.07) is 3.53. The molecule has 0 saturated heterocycles. The molecule has 6 heteroatoms. The monoisotopic (exact) mass is 252 g/mol. The summed E-state index contributed by atoms with van der Waals surface area (Å²) in [5, 5.41) is 11.2. The van der Waals surface area contributed by atoms with E-state index in [1.54, 1.807) is 24.5 Å². The number of hydrogen-bond donors (Lipinski definition) is 2. The normalized spacial score (nSPS) is 11.8. The smallest absolute Gasteiger partial charge is 0.332 e. The van der Waals surface area contributed by atoms with Crippen LogP contribution in [-0.4, -0.2) is 41.2 Å². The number of carboxylic acids is 1. The van der Waals surface area contributed by atoms with Gasteiger partial charge >= 0.3 is 5.97 Å². The topological polar surface area (TPSA) is 88.5 Å². The summed E-state index contributed by atoms with van der Waals surface area (Å²) in [4.78, 5) is 25.8. The minimum Gasteiger partial charge on any atom is -0.479 e. The molecule has 98 valence electrons. The van der Waals surface area contributed by atoms with Crippen molar-refractivity contribution in [2.24, 2.45) is 0 Å². The Kier molecular flexibility index (Phi) is 5.79. The minimum atomic E-state index is -1.02. The second kappa shape index (κ2) is 7.39. The number of carbonyl (C=O) groups excluding carboxylic acids is 1. The lowest BCUT2D eigenvalue weighted by molar-refractivity contribution is -0.148. The Morgan fingerprint density at radius 2 is 2.11 bits per heavy atom. The number of amides is 1. The largest absolute Gasteiger partial charge is 0.479 e. The molecule has 6 nitrogen and oxygen atoms in total. The molecule has 0 aliphatic carbocycles. The summed E-state index contributed by atoms with van der Waals surface area (Å²) in [5.41, 5.74) is 0.877. The Labute approximate surface area is 105 Å². The highest BCUT2D eigenvalue weighted by Gasteiger charge is 2.10. The Morgan fingerprint density at radius 3 is 2.72 bits per heavy atom. The molecular formula is C12H16N2O4. The van der Waals surface area contributed by atoms with Crippen molar-refractivity contribution in [3.63, 3.8) is 0 Å². The number of nitrogens with one attached hydrogen (secondary N) is 1. The number of pyridine rings is 1. The fraction of sp³-hybridized carbons (Fsp3) is 0.417. The average Bonchev–Trinajstić information content (AvgIpc) is 2.35. The van der Waals surface area contributed by atoms with Gasteiger partial charge in [-0.05, 0) is 24.6 Å². The average molecular weight is 252 g/mol. The molecule has 0 spiro atoms. The lowest BCUT2D eigenvalue weighted by Crippen LogP contribution is -2.31. The van der Waals surface area contributed by atoms with Crippen molar-refractivity contribution in [3.05, 3.63) is 30.1 Å². The van der Waals surface area contributed by atoms with E-state index in [0.29, 0.717) is 6.54 Å². The van der Waals surface area contributed by atoms with Crippen LogP contribution in [0.15, 0.2) is 24.5 Å². The molecule has 1 heterocycles. The van der Waals surface area contributed by atoms with Crippen molar-refractivity contribution in [1.29, 1.82) is 0 Å². The van der Waals surface area contributed by atoms with Crippen LogP contribution < -0.4 is 5.32 Å². The number of hydrogen-bond acceptors (Lipinski definition) is 4. The molecule has 0 fully saturated rings. The SMILES string of the molecule is CC(OCCNC(=O)Cc1ccncc1)C(=O)O. The van der Waals surface area contributed by atoms with Gasteiger partial charge in [0.15, 0.2) is 6.10 Å². The fourth-order valence-electron chi connectivity index (χ4n) is 1.25. The van der Waals surface area contributed by atoms with E-state index in [4.69, 9.17) is 9.84 Å². The van der Waals surface area contributed by atoms with Crippen LogP contribution in [0.3, 0.4) is 0 Å². The van der Waals surface area contributed by atoms with E-state index in [1.807, 2.05) is 0 Å². The molecule has 18 heavy (non-hydrogen) atoms. The third-order valence-electron chi connectivity index (χ3n) is 2.25. The highest BCUT2D eigenvalue weighted by molar-refractivity contribution is 5.78. The Bertz CT molecular complexity index is 394. The van der Waals surface area contributed by atoms with Gasteiger partial charge in [-0.1, -0.05) is 0 Å². The summed E-state index contributed by atoms with van der Waals surface area (Å²) in [7, 11) is 0. The zero-order chi connectivity index (χ0) is 13.4. The van der Waals surface area contributed by atoms with Crippen molar-refractivity contribution in [3.8, 4) is 0 Å². The molecule has 0 aliphatic heterocycles. The zero-order valence-corrected chi connectivity index (χ0v) is 10.1. The zero-order valence-electron chi connectivity index (χ0n) is 10.1. The van der Waals surface area contributed by atoms with Gasteiger partial charge in [-0.15, -0.1) is 0 Å². The van der Waals surface area contributed by atoms with E-state index < -0.39 is 12.1 Å². The number of aromatic nitrogens is 1. The Morgan fingerprint density at radius 1 is 1.44 bits per heavy atom. The van der Waals surface area contributed by atoms with Crippen LogP contribution in [0.1, 0.15) is 12.5 Å². The second-order valence-electron chi connectivity index (χ2n) is 3.73. The van der Waals surface area contributed by atoms with Gasteiger partial charge in [0.05, 0.1) is 13.0 Å². The molecule has 0 bridgehead atoms. The van der Waals surface area contributed by atoms with Gasteiger partial charge in [0, 0.05) is 18.9 Å². The lowest BCUT2D eigenvalue weighted by Gasteiger charge is -2.09. The van der Waals surface area contributed by atoms with Crippen molar-refractivity contribution in [2.45, 2.75) is 19.4 Å². The molecule has 0 aliphatic rings. The standard InChI is InChI=1S/C12H16N2O4/c1-9(12(16)17)18-7-6-14-11(15)8-10-2-4-13-5-3-10/h2-5,9H,6-8H2,1H3,(H,14,15)(H,16,17). The van der Waals surface area contributed by atoms with Crippen molar-refractivity contribution in [2.75, 3.05) is 13.2 Å². The summed E-state index contributed by atoms with van der Waals surface area (Å²) in [5.74, 6) is -1.15. The maximum Gasteiger partial charge on any atom is 0.332 e. The summed E-state index contributed by atoms with van der Waals surface area (Å²) in [6.07, 6.45) is 2.67. The number of carboxylic acid groups (broad SMARTS) is 1. The molecular weight excluding hydrogens is 236 g/mol. The van der Waals surface area contributed by atoms with Gasteiger partial charge in [0.1, 0.15) is 0 Å². The van der Waals surface area contributed by atoms with Crippen LogP contribution in [0.4, 0.5) is 0 Å². The van der Waals surface area contributed by atoms with Crippen molar-refractivity contribution in [1.82, 2.24) is 10.3 Å². The number of aliphatic carboxylic acids is 1.